The molecule has 1 saturated heterocycles. The van der Waals surface area contributed by atoms with E-state index in [1.165, 1.54) is 6.08 Å². The molecular weight excluding hydrogens is 520 g/mol. The summed E-state index contributed by atoms with van der Waals surface area (Å²) in [5.74, 6) is -0.707. The van der Waals surface area contributed by atoms with Gasteiger partial charge in [-0.2, -0.15) is 5.10 Å². The molecule has 1 aliphatic heterocycles. The Kier molecular flexibility index (Phi) is 8.32. The molecule has 1 aliphatic rings. The van der Waals surface area contributed by atoms with Gasteiger partial charge in [-0.05, 0) is 56.5 Å². The number of hydrogen-bond acceptors (Lipinski definition) is 7. The number of rotatable bonds is 9. The highest BCUT2D eigenvalue weighted by Crippen LogP contribution is 2.41. The van der Waals surface area contributed by atoms with Crippen LogP contribution in [0.2, 0.25) is 0 Å². The Morgan fingerprint density at radius 1 is 1.17 bits per heavy atom. The van der Waals surface area contributed by atoms with Crippen LogP contribution in [0.15, 0.2) is 49.4 Å². The second-order valence-corrected chi connectivity index (χ2v) is 10.5. The molecule has 10 nitrogen and oxygen atoms in total. The maximum Gasteiger partial charge on any atom is 0.340 e. The SMILES string of the molecule is C=CC(=O)Nc1cc(-c2c(-c3cnn(CCN4CCOCC4)c3)[nH]c3ncc(C(=O)OC(C)C)c(C)c23)ccc1C. The molecule has 4 heterocycles. The summed E-state index contributed by atoms with van der Waals surface area (Å²) in [6, 6.07) is 5.90. The third-order valence-electron chi connectivity index (χ3n) is 7.29. The highest BCUT2D eigenvalue weighted by atomic mass is 16.5. The number of aromatic amines is 1. The first-order valence-corrected chi connectivity index (χ1v) is 13.8. The van der Waals surface area contributed by atoms with Crippen molar-refractivity contribution in [1.29, 1.82) is 0 Å². The van der Waals surface area contributed by atoms with Crippen molar-refractivity contribution in [3.05, 3.63) is 66.1 Å². The summed E-state index contributed by atoms with van der Waals surface area (Å²) >= 11 is 0. The fourth-order valence-corrected chi connectivity index (χ4v) is 5.08. The number of morpholine rings is 1. The lowest BCUT2D eigenvalue weighted by Gasteiger charge is -2.26. The first-order valence-electron chi connectivity index (χ1n) is 13.8. The number of nitrogens with zero attached hydrogens (tertiary/aromatic N) is 4. The minimum absolute atomic E-state index is 0.254. The number of H-pyrrole nitrogens is 1. The highest BCUT2D eigenvalue weighted by molar-refractivity contribution is 6.08. The Hall–Kier alpha value is -4.28. The maximum atomic E-state index is 12.9. The van der Waals surface area contributed by atoms with E-state index in [0.29, 0.717) is 16.9 Å². The van der Waals surface area contributed by atoms with Crippen LogP contribution in [-0.2, 0) is 20.8 Å². The second-order valence-electron chi connectivity index (χ2n) is 10.5. The van der Waals surface area contributed by atoms with Gasteiger partial charge in [0.15, 0.2) is 0 Å². The fraction of sp³-hybridized carbons (Fsp3) is 0.355. The lowest BCUT2D eigenvalue weighted by molar-refractivity contribution is -0.111. The number of aryl methyl sites for hydroxylation is 2. The molecule has 0 radical (unpaired) electrons. The summed E-state index contributed by atoms with van der Waals surface area (Å²) in [5.41, 5.74) is 6.85. The third-order valence-corrected chi connectivity index (χ3v) is 7.29. The zero-order chi connectivity index (χ0) is 29.1. The number of hydrogen-bond donors (Lipinski definition) is 2. The van der Waals surface area contributed by atoms with E-state index in [1.807, 2.05) is 63.0 Å². The number of amides is 1. The lowest BCUT2D eigenvalue weighted by atomic mass is 9.95. The summed E-state index contributed by atoms with van der Waals surface area (Å²) in [4.78, 5) is 35.6. The molecule has 0 aliphatic carbocycles. The zero-order valence-electron chi connectivity index (χ0n) is 24.0. The Morgan fingerprint density at radius 3 is 2.68 bits per heavy atom. The van der Waals surface area contributed by atoms with Gasteiger partial charge in [-0.15, -0.1) is 0 Å². The first-order chi connectivity index (χ1) is 19.7. The Balaban J connectivity index is 1.61. The number of fused-ring (bicyclic) bond motifs is 1. The number of nitrogens with one attached hydrogen (secondary N) is 2. The minimum atomic E-state index is -0.417. The summed E-state index contributed by atoms with van der Waals surface area (Å²) in [7, 11) is 0. The first kappa shape index (κ1) is 28.3. The molecule has 1 amide bonds. The van der Waals surface area contributed by atoms with E-state index >= 15 is 0 Å². The van der Waals surface area contributed by atoms with Gasteiger partial charge in [-0.25, -0.2) is 9.78 Å². The van der Waals surface area contributed by atoms with Crippen molar-refractivity contribution in [2.24, 2.45) is 0 Å². The number of carbonyl (C=O) groups excluding carboxylic acids is 2. The molecule has 5 rings (SSSR count). The Labute approximate surface area is 239 Å². The molecule has 214 valence electrons. The van der Waals surface area contributed by atoms with Crippen LogP contribution in [-0.4, -0.2) is 75.5 Å². The van der Waals surface area contributed by atoms with Crippen molar-refractivity contribution in [3.8, 4) is 22.4 Å². The molecule has 4 aromatic rings. The van der Waals surface area contributed by atoms with Gasteiger partial charge in [0.2, 0.25) is 5.91 Å². The summed E-state index contributed by atoms with van der Waals surface area (Å²) in [6.07, 6.45) is 6.41. The number of ether oxygens (including phenoxy) is 2. The number of aromatic nitrogens is 4. The quantitative estimate of drug-likeness (QED) is 0.226. The van der Waals surface area contributed by atoms with Gasteiger partial charge in [0.25, 0.3) is 0 Å². The number of benzene rings is 1. The highest BCUT2D eigenvalue weighted by Gasteiger charge is 2.24. The monoisotopic (exact) mass is 556 g/mol. The minimum Gasteiger partial charge on any atom is -0.459 e. The van der Waals surface area contributed by atoms with Gasteiger partial charge in [-0.1, -0.05) is 18.7 Å². The summed E-state index contributed by atoms with van der Waals surface area (Å²) < 4.78 is 12.9. The number of pyridine rings is 1. The normalized spacial score (nSPS) is 14.0. The molecule has 0 spiro atoms. The number of esters is 1. The van der Waals surface area contributed by atoms with E-state index in [2.05, 4.69) is 31.9 Å². The van der Waals surface area contributed by atoms with E-state index in [9.17, 15) is 9.59 Å². The summed E-state index contributed by atoms with van der Waals surface area (Å²) in [5, 5.41) is 8.35. The van der Waals surface area contributed by atoms with Crippen molar-refractivity contribution >= 4 is 28.6 Å². The fourth-order valence-electron chi connectivity index (χ4n) is 5.08. The van der Waals surface area contributed by atoms with Crippen LogP contribution in [0.4, 0.5) is 5.69 Å². The molecule has 0 saturated carbocycles. The molecule has 1 aromatic carbocycles. The van der Waals surface area contributed by atoms with Crippen molar-refractivity contribution in [2.45, 2.75) is 40.3 Å². The van der Waals surface area contributed by atoms with Crippen LogP contribution in [0, 0.1) is 13.8 Å². The predicted molar refractivity (Wildman–Crippen MR) is 159 cm³/mol. The standard InChI is InChI=1S/C31H36N6O4/c1-6-26(38)34-25-15-22(8-7-20(25)4)28-27-21(5)24(31(39)41-19(2)3)17-32-30(27)35-29(28)23-16-33-37(18-23)10-9-36-11-13-40-14-12-36/h6-8,15-19H,1,9-14H2,2-5H3,(H,32,35)(H,34,38). The average molecular weight is 557 g/mol. The van der Waals surface area contributed by atoms with Gasteiger partial charge in [0, 0.05) is 54.2 Å². The van der Waals surface area contributed by atoms with Gasteiger partial charge in [-0.3, -0.25) is 14.4 Å². The van der Waals surface area contributed by atoms with E-state index in [4.69, 9.17) is 9.47 Å². The molecule has 3 aromatic heterocycles. The van der Waals surface area contributed by atoms with Crippen LogP contribution in [0.25, 0.3) is 33.4 Å². The van der Waals surface area contributed by atoms with E-state index in [-0.39, 0.29) is 12.0 Å². The molecule has 2 N–H and O–H groups in total. The zero-order valence-corrected chi connectivity index (χ0v) is 24.0. The van der Waals surface area contributed by atoms with Crippen molar-refractivity contribution < 1.29 is 19.1 Å². The Bertz CT molecular complexity index is 1600. The molecule has 10 heteroatoms. The van der Waals surface area contributed by atoms with Gasteiger partial charge in [0.1, 0.15) is 5.65 Å². The van der Waals surface area contributed by atoms with Crippen LogP contribution >= 0.6 is 0 Å². The third kappa shape index (κ3) is 6.08. The molecule has 1 fully saturated rings. The molecule has 41 heavy (non-hydrogen) atoms. The van der Waals surface area contributed by atoms with Crippen LogP contribution in [0.1, 0.15) is 35.3 Å². The molecule has 0 atom stereocenters. The van der Waals surface area contributed by atoms with Crippen molar-refractivity contribution in [1.82, 2.24) is 24.6 Å². The average Bonchev–Trinajstić information content (AvgIpc) is 3.58. The largest absolute Gasteiger partial charge is 0.459 e. The van der Waals surface area contributed by atoms with Crippen molar-refractivity contribution in [3.63, 3.8) is 0 Å². The number of anilines is 1. The smallest absolute Gasteiger partial charge is 0.340 e. The topological polar surface area (TPSA) is 114 Å². The van der Waals surface area contributed by atoms with E-state index < -0.39 is 5.97 Å². The Morgan fingerprint density at radius 2 is 1.95 bits per heavy atom. The van der Waals surface area contributed by atoms with Crippen LogP contribution in [0.5, 0.6) is 0 Å². The molecule has 0 unspecified atom stereocenters. The summed E-state index contributed by atoms with van der Waals surface area (Å²) in [6.45, 7) is 16.0. The second kappa shape index (κ2) is 12.1. The maximum absolute atomic E-state index is 12.9. The molecular formula is C31H36N6O4. The van der Waals surface area contributed by atoms with Crippen LogP contribution in [0.3, 0.4) is 0 Å². The van der Waals surface area contributed by atoms with Gasteiger partial charge < -0.3 is 19.8 Å². The van der Waals surface area contributed by atoms with Crippen LogP contribution < -0.4 is 5.32 Å². The lowest BCUT2D eigenvalue weighted by Crippen LogP contribution is -2.38. The number of carbonyl (C=O) groups is 2. The predicted octanol–water partition coefficient (Wildman–Crippen LogP) is 4.73. The van der Waals surface area contributed by atoms with E-state index in [0.717, 1.165) is 78.3 Å². The van der Waals surface area contributed by atoms with Gasteiger partial charge in [0.05, 0.1) is 43.3 Å². The van der Waals surface area contributed by atoms with E-state index in [1.54, 1.807) is 6.20 Å². The van der Waals surface area contributed by atoms with Crippen molar-refractivity contribution in [2.75, 3.05) is 38.2 Å². The van der Waals surface area contributed by atoms with Gasteiger partial charge >= 0.3 is 5.97 Å². The molecule has 0 bridgehead atoms.